The van der Waals surface area contributed by atoms with Crippen molar-refractivity contribution in [1.82, 2.24) is 14.9 Å². The van der Waals surface area contributed by atoms with Gasteiger partial charge in [0.15, 0.2) is 0 Å². The van der Waals surface area contributed by atoms with Gasteiger partial charge in [-0.25, -0.2) is 4.98 Å². The number of carbonyl (C=O) groups excluding carboxylic acids is 1. The molecule has 30 heavy (non-hydrogen) atoms. The van der Waals surface area contributed by atoms with Crippen molar-refractivity contribution in [3.8, 4) is 0 Å². The normalized spacial score (nSPS) is 16.3. The first-order valence-electron chi connectivity index (χ1n) is 9.52. The number of aromatic nitrogens is 2. The fourth-order valence-corrected chi connectivity index (χ4v) is 3.61. The summed E-state index contributed by atoms with van der Waals surface area (Å²) in [6, 6.07) is 2.44. The molecule has 1 fully saturated rings. The van der Waals surface area contributed by atoms with Gasteiger partial charge in [-0.15, -0.1) is 0 Å². The average molecular weight is 425 g/mol. The van der Waals surface area contributed by atoms with E-state index in [0.29, 0.717) is 38.5 Å². The Hall–Kier alpha value is -3.11. The molecule has 0 bridgehead atoms. The van der Waals surface area contributed by atoms with Crippen molar-refractivity contribution in [2.75, 3.05) is 18.0 Å². The van der Waals surface area contributed by atoms with E-state index in [4.69, 9.17) is 0 Å². The predicted molar refractivity (Wildman–Crippen MR) is 103 cm³/mol. The van der Waals surface area contributed by atoms with Gasteiger partial charge in [-0.2, -0.15) is 13.2 Å². The van der Waals surface area contributed by atoms with E-state index >= 15 is 0 Å². The average Bonchev–Trinajstić information content (AvgIpc) is 3.19. The molecule has 1 saturated heterocycles. The molecule has 2 heterocycles. The molecule has 3 rings (SSSR count). The number of rotatable bonds is 6. The Balaban J connectivity index is 1.61. The molecule has 1 amide bonds. The Bertz CT molecular complexity index is 893. The lowest BCUT2D eigenvalue weighted by Gasteiger charge is -2.33. The van der Waals surface area contributed by atoms with Crippen molar-refractivity contribution in [1.29, 1.82) is 0 Å². The number of nitro groups is 1. The smallest absolute Gasteiger partial charge is 0.366 e. The fourth-order valence-electron chi connectivity index (χ4n) is 3.61. The standard InChI is InChI=1S/C19H22F3N5O3/c1-13(11-25-9-6-23-12-25)24-18(28)14-4-7-26(8-5-14)16-3-2-15(19(20,21)22)10-17(16)27(29)30/h2-3,6,9-10,12-14H,4-5,7-8,11H2,1H3,(H,24,28)/t13-/m1/s1. The van der Waals surface area contributed by atoms with Crippen LogP contribution < -0.4 is 10.2 Å². The Morgan fingerprint density at radius 3 is 2.63 bits per heavy atom. The van der Waals surface area contributed by atoms with Gasteiger partial charge in [-0.05, 0) is 31.9 Å². The number of nitro benzene ring substituents is 1. The van der Waals surface area contributed by atoms with Crippen molar-refractivity contribution in [3.63, 3.8) is 0 Å². The van der Waals surface area contributed by atoms with Crippen molar-refractivity contribution < 1.29 is 22.9 Å². The third-order valence-corrected chi connectivity index (χ3v) is 5.14. The SMILES string of the molecule is C[C@H](Cn1ccnc1)NC(=O)C1CCN(c2ccc(C(F)(F)F)cc2[N+](=O)[O-])CC1. The lowest BCUT2D eigenvalue weighted by atomic mass is 9.95. The lowest BCUT2D eigenvalue weighted by molar-refractivity contribution is -0.384. The van der Waals surface area contributed by atoms with Crippen LogP contribution in [0.2, 0.25) is 0 Å². The van der Waals surface area contributed by atoms with Gasteiger partial charge in [0, 0.05) is 50.1 Å². The van der Waals surface area contributed by atoms with Gasteiger partial charge in [0.05, 0.1) is 16.8 Å². The molecular formula is C19H22F3N5O3. The van der Waals surface area contributed by atoms with Crippen molar-refractivity contribution >= 4 is 17.3 Å². The van der Waals surface area contributed by atoms with Gasteiger partial charge in [0.2, 0.25) is 5.91 Å². The molecule has 1 aromatic heterocycles. The Morgan fingerprint density at radius 1 is 1.37 bits per heavy atom. The van der Waals surface area contributed by atoms with E-state index in [-0.39, 0.29) is 23.6 Å². The Labute approximate surface area is 170 Å². The molecule has 0 saturated carbocycles. The number of carbonyl (C=O) groups is 1. The fraction of sp³-hybridized carbons (Fsp3) is 0.474. The third-order valence-electron chi connectivity index (χ3n) is 5.14. The van der Waals surface area contributed by atoms with Gasteiger partial charge < -0.3 is 14.8 Å². The molecule has 0 aliphatic carbocycles. The summed E-state index contributed by atoms with van der Waals surface area (Å²) in [5.74, 6) is -0.343. The number of amides is 1. The molecule has 0 spiro atoms. The molecule has 1 N–H and O–H groups in total. The minimum atomic E-state index is -4.65. The van der Waals surface area contributed by atoms with E-state index in [1.165, 1.54) is 0 Å². The molecule has 1 aliphatic rings. The van der Waals surface area contributed by atoms with Crippen LogP contribution in [0.4, 0.5) is 24.5 Å². The number of hydrogen-bond acceptors (Lipinski definition) is 5. The van der Waals surface area contributed by atoms with E-state index in [2.05, 4.69) is 10.3 Å². The number of benzene rings is 1. The van der Waals surface area contributed by atoms with Crippen LogP contribution in [0.15, 0.2) is 36.9 Å². The molecule has 162 valence electrons. The Morgan fingerprint density at radius 2 is 2.07 bits per heavy atom. The van der Waals surface area contributed by atoms with Gasteiger partial charge in [-0.3, -0.25) is 14.9 Å². The molecular weight excluding hydrogens is 403 g/mol. The maximum Gasteiger partial charge on any atom is 0.416 e. The number of halogens is 3. The highest BCUT2D eigenvalue weighted by Gasteiger charge is 2.35. The maximum absolute atomic E-state index is 12.9. The molecule has 1 aromatic carbocycles. The predicted octanol–water partition coefficient (Wildman–Crippen LogP) is 3.23. The van der Waals surface area contributed by atoms with E-state index in [1.54, 1.807) is 23.6 Å². The van der Waals surface area contributed by atoms with Gasteiger partial charge >= 0.3 is 6.18 Å². The highest BCUT2D eigenvalue weighted by atomic mass is 19.4. The zero-order valence-corrected chi connectivity index (χ0v) is 16.3. The largest absolute Gasteiger partial charge is 0.416 e. The molecule has 0 unspecified atom stereocenters. The van der Waals surface area contributed by atoms with Crippen LogP contribution in [0.5, 0.6) is 0 Å². The second-order valence-electron chi connectivity index (χ2n) is 7.39. The summed E-state index contributed by atoms with van der Waals surface area (Å²) in [6.07, 6.45) is 1.40. The molecule has 2 aromatic rings. The second kappa shape index (κ2) is 8.72. The Kier molecular flexibility index (Phi) is 6.28. The summed E-state index contributed by atoms with van der Waals surface area (Å²) >= 11 is 0. The van der Waals surface area contributed by atoms with Crippen LogP contribution in [-0.2, 0) is 17.5 Å². The minimum absolute atomic E-state index is 0.0933. The number of alkyl halides is 3. The highest BCUT2D eigenvalue weighted by molar-refractivity contribution is 5.79. The summed E-state index contributed by atoms with van der Waals surface area (Å²) < 4.78 is 40.5. The number of nitrogens with one attached hydrogen (secondary N) is 1. The summed E-state index contributed by atoms with van der Waals surface area (Å²) in [5.41, 5.74) is -1.50. The van der Waals surface area contributed by atoms with Crippen LogP contribution in [0.1, 0.15) is 25.3 Å². The van der Waals surface area contributed by atoms with Crippen LogP contribution in [0.3, 0.4) is 0 Å². The topological polar surface area (TPSA) is 93.3 Å². The summed E-state index contributed by atoms with van der Waals surface area (Å²) in [7, 11) is 0. The third kappa shape index (κ3) is 5.08. The highest BCUT2D eigenvalue weighted by Crippen LogP contribution is 2.37. The molecule has 1 aliphatic heterocycles. The van der Waals surface area contributed by atoms with E-state index < -0.39 is 22.4 Å². The number of hydrogen-bond donors (Lipinski definition) is 1. The molecule has 11 heteroatoms. The number of anilines is 1. The first kappa shape index (κ1) is 21.6. The van der Waals surface area contributed by atoms with E-state index in [9.17, 15) is 28.1 Å². The van der Waals surface area contributed by atoms with Crippen LogP contribution in [-0.4, -0.2) is 39.5 Å². The zero-order valence-electron chi connectivity index (χ0n) is 16.3. The van der Waals surface area contributed by atoms with Crippen LogP contribution >= 0.6 is 0 Å². The van der Waals surface area contributed by atoms with Gasteiger partial charge in [0.1, 0.15) is 5.69 Å². The quantitative estimate of drug-likeness (QED) is 0.567. The molecule has 0 radical (unpaired) electrons. The summed E-state index contributed by atoms with van der Waals surface area (Å²) in [6.45, 7) is 3.17. The van der Waals surface area contributed by atoms with Gasteiger partial charge in [0.25, 0.3) is 5.69 Å². The first-order valence-corrected chi connectivity index (χ1v) is 9.52. The maximum atomic E-state index is 12.9. The van der Waals surface area contributed by atoms with Crippen molar-refractivity contribution in [2.24, 2.45) is 5.92 Å². The number of piperidine rings is 1. The zero-order chi connectivity index (χ0) is 21.9. The monoisotopic (exact) mass is 425 g/mol. The summed E-state index contributed by atoms with van der Waals surface area (Å²) in [5, 5.41) is 14.3. The summed E-state index contributed by atoms with van der Waals surface area (Å²) in [4.78, 5) is 28.6. The minimum Gasteiger partial charge on any atom is -0.366 e. The van der Waals surface area contributed by atoms with Crippen molar-refractivity contribution in [2.45, 2.75) is 38.5 Å². The second-order valence-corrected chi connectivity index (χ2v) is 7.39. The first-order chi connectivity index (χ1) is 14.1. The lowest BCUT2D eigenvalue weighted by Crippen LogP contribution is -2.44. The van der Waals surface area contributed by atoms with Crippen LogP contribution in [0.25, 0.3) is 0 Å². The van der Waals surface area contributed by atoms with Crippen molar-refractivity contribution in [3.05, 3.63) is 52.6 Å². The number of imidazole rings is 1. The molecule has 8 nitrogen and oxygen atoms in total. The molecule has 1 atom stereocenters. The van der Waals surface area contributed by atoms with Crippen LogP contribution in [0, 0.1) is 16.0 Å². The van der Waals surface area contributed by atoms with Gasteiger partial charge in [-0.1, -0.05) is 0 Å². The van der Waals surface area contributed by atoms with E-state index in [1.807, 2.05) is 11.5 Å². The van der Waals surface area contributed by atoms with E-state index in [0.717, 1.165) is 12.1 Å². The number of nitrogens with zero attached hydrogens (tertiary/aromatic N) is 4.